The van der Waals surface area contributed by atoms with Gasteiger partial charge >= 0.3 is 0 Å². The van der Waals surface area contributed by atoms with E-state index in [1.807, 2.05) is 11.5 Å². The van der Waals surface area contributed by atoms with E-state index in [0.717, 1.165) is 11.3 Å². The molecule has 0 fully saturated rings. The number of nitro benzene ring substituents is 1. The smallest absolute Gasteiger partial charge is 0.269 e. The highest BCUT2D eigenvalue weighted by molar-refractivity contribution is 5.47. The zero-order valence-corrected chi connectivity index (χ0v) is 8.12. The van der Waals surface area contributed by atoms with Crippen molar-refractivity contribution in [2.45, 2.75) is 6.92 Å². The first-order chi connectivity index (χ1) is 7.18. The fraction of sp³-hybridized carbons (Fsp3) is 0.100. The summed E-state index contributed by atoms with van der Waals surface area (Å²) in [7, 11) is 0. The first-order valence-electron chi connectivity index (χ1n) is 4.42. The van der Waals surface area contributed by atoms with Crippen LogP contribution in [0, 0.1) is 17.0 Å². The molecule has 5 nitrogen and oxygen atoms in total. The van der Waals surface area contributed by atoms with Gasteiger partial charge in [0.1, 0.15) is 0 Å². The van der Waals surface area contributed by atoms with Gasteiger partial charge in [0, 0.05) is 30.2 Å². The summed E-state index contributed by atoms with van der Waals surface area (Å²) in [5, 5.41) is 10.5. The van der Waals surface area contributed by atoms with E-state index in [0.29, 0.717) is 0 Å². The van der Waals surface area contributed by atoms with Gasteiger partial charge in [-0.2, -0.15) is 0 Å². The van der Waals surface area contributed by atoms with Crippen molar-refractivity contribution in [2.24, 2.45) is 0 Å². The van der Waals surface area contributed by atoms with Crippen LogP contribution in [-0.4, -0.2) is 14.5 Å². The van der Waals surface area contributed by atoms with E-state index in [1.165, 1.54) is 6.07 Å². The van der Waals surface area contributed by atoms with Crippen molar-refractivity contribution in [3.05, 3.63) is 52.6 Å². The quantitative estimate of drug-likeness (QED) is 0.554. The van der Waals surface area contributed by atoms with E-state index in [4.69, 9.17) is 0 Å². The summed E-state index contributed by atoms with van der Waals surface area (Å²) in [6, 6.07) is 4.76. The Morgan fingerprint density at radius 3 is 2.80 bits per heavy atom. The Hall–Kier alpha value is -2.17. The fourth-order valence-electron chi connectivity index (χ4n) is 1.44. The Balaban J connectivity index is 2.48. The molecule has 0 N–H and O–H groups in total. The normalized spacial score (nSPS) is 10.2. The van der Waals surface area contributed by atoms with E-state index >= 15 is 0 Å². The lowest BCUT2D eigenvalue weighted by Crippen LogP contribution is -1.95. The van der Waals surface area contributed by atoms with Gasteiger partial charge in [-0.25, -0.2) is 4.98 Å². The van der Waals surface area contributed by atoms with Crippen LogP contribution in [0.5, 0.6) is 0 Å². The topological polar surface area (TPSA) is 61.0 Å². The first kappa shape index (κ1) is 9.39. The summed E-state index contributed by atoms with van der Waals surface area (Å²) in [5.41, 5.74) is 1.86. The Bertz CT molecular complexity index is 491. The monoisotopic (exact) mass is 203 g/mol. The van der Waals surface area contributed by atoms with Crippen molar-refractivity contribution in [3.63, 3.8) is 0 Å². The van der Waals surface area contributed by atoms with Crippen molar-refractivity contribution in [1.82, 2.24) is 9.55 Å². The summed E-state index contributed by atoms with van der Waals surface area (Å²) >= 11 is 0. The third-order valence-electron chi connectivity index (χ3n) is 2.17. The van der Waals surface area contributed by atoms with Gasteiger partial charge in [-0.3, -0.25) is 10.1 Å². The number of non-ortho nitro benzene ring substituents is 1. The van der Waals surface area contributed by atoms with Gasteiger partial charge in [-0.15, -0.1) is 0 Å². The molecule has 1 aromatic heterocycles. The van der Waals surface area contributed by atoms with Crippen molar-refractivity contribution < 1.29 is 4.92 Å². The molecule has 5 heteroatoms. The predicted molar refractivity (Wildman–Crippen MR) is 55.0 cm³/mol. The maximum Gasteiger partial charge on any atom is 0.269 e. The molecule has 1 aromatic carbocycles. The van der Waals surface area contributed by atoms with Gasteiger partial charge in [-0.1, -0.05) is 0 Å². The summed E-state index contributed by atoms with van der Waals surface area (Å²) < 4.78 is 1.82. The number of imidazole rings is 1. The number of nitro groups is 1. The van der Waals surface area contributed by atoms with Crippen LogP contribution in [0.3, 0.4) is 0 Å². The molecule has 0 amide bonds. The van der Waals surface area contributed by atoms with Crippen LogP contribution in [0.25, 0.3) is 5.69 Å². The second-order valence-corrected chi connectivity index (χ2v) is 3.20. The molecule has 0 unspecified atom stereocenters. The molecule has 0 radical (unpaired) electrons. The molecule has 0 aliphatic heterocycles. The molecule has 0 bridgehead atoms. The molecule has 1 heterocycles. The summed E-state index contributed by atoms with van der Waals surface area (Å²) in [6.45, 7) is 1.84. The van der Waals surface area contributed by atoms with E-state index in [-0.39, 0.29) is 5.69 Å². The lowest BCUT2D eigenvalue weighted by Gasteiger charge is -2.05. The molecule has 76 valence electrons. The third-order valence-corrected chi connectivity index (χ3v) is 2.17. The molecule has 0 atom stereocenters. The lowest BCUT2D eigenvalue weighted by atomic mass is 10.2. The number of benzene rings is 1. The van der Waals surface area contributed by atoms with Crippen LogP contribution in [0.15, 0.2) is 36.9 Å². The molecule has 2 rings (SSSR count). The third kappa shape index (κ3) is 1.71. The average molecular weight is 203 g/mol. The number of aryl methyl sites for hydroxylation is 1. The largest absolute Gasteiger partial charge is 0.306 e. The number of nitrogens with zero attached hydrogens (tertiary/aromatic N) is 3. The summed E-state index contributed by atoms with van der Waals surface area (Å²) in [5.74, 6) is 0. The summed E-state index contributed by atoms with van der Waals surface area (Å²) in [4.78, 5) is 14.1. The Morgan fingerprint density at radius 2 is 2.27 bits per heavy atom. The number of hydrogen-bond acceptors (Lipinski definition) is 3. The molecule has 0 saturated carbocycles. The van der Waals surface area contributed by atoms with Gasteiger partial charge in [-0.05, 0) is 18.6 Å². The lowest BCUT2D eigenvalue weighted by molar-refractivity contribution is -0.384. The number of rotatable bonds is 2. The Morgan fingerprint density at radius 1 is 1.47 bits per heavy atom. The van der Waals surface area contributed by atoms with Crippen LogP contribution in [0.1, 0.15) is 5.56 Å². The predicted octanol–water partition coefficient (Wildman–Crippen LogP) is 2.09. The van der Waals surface area contributed by atoms with Crippen molar-refractivity contribution in [3.8, 4) is 5.69 Å². The van der Waals surface area contributed by atoms with Crippen molar-refractivity contribution >= 4 is 5.69 Å². The summed E-state index contributed by atoms with van der Waals surface area (Å²) in [6.07, 6.45) is 5.13. The highest BCUT2D eigenvalue weighted by Gasteiger charge is 2.08. The first-order valence-corrected chi connectivity index (χ1v) is 4.42. The van der Waals surface area contributed by atoms with Gasteiger partial charge in [0.2, 0.25) is 0 Å². The standard InChI is InChI=1S/C10H9N3O2/c1-8-6-9(13(14)15)2-3-10(8)12-5-4-11-7-12/h2-7H,1H3. The van der Waals surface area contributed by atoms with E-state index in [9.17, 15) is 10.1 Å². The van der Waals surface area contributed by atoms with Crippen molar-refractivity contribution in [2.75, 3.05) is 0 Å². The minimum atomic E-state index is -0.398. The molecular formula is C10H9N3O2. The van der Waals surface area contributed by atoms with Gasteiger partial charge in [0.25, 0.3) is 5.69 Å². The van der Waals surface area contributed by atoms with E-state index in [1.54, 1.807) is 30.9 Å². The van der Waals surface area contributed by atoms with Crippen LogP contribution < -0.4 is 0 Å². The second-order valence-electron chi connectivity index (χ2n) is 3.20. The second kappa shape index (κ2) is 3.53. The van der Waals surface area contributed by atoms with E-state index in [2.05, 4.69) is 4.98 Å². The Labute approximate surface area is 86.1 Å². The van der Waals surface area contributed by atoms with Crippen LogP contribution >= 0.6 is 0 Å². The van der Waals surface area contributed by atoms with Crippen LogP contribution in [0.4, 0.5) is 5.69 Å². The molecule has 0 aliphatic carbocycles. The van der Waals surface area contributed by atoms with Crippen molar-refractivity contribution in [1.29, 1.82) is 0 Å². The minimum absolute atomic E-state index is 0.108. The molecule has 0 aliphatic rings. The molecule has 2 aromatic rings. The Kier molecular flexibility index (Phi) is 2.21. The SMILES string of the molecule is Cc1cc([N+](=O)[O-])ccc1-n1ccnc1. The van der Waals surface area contributed by atoms with Crippen LogP contribution in [0.2, 0.25) is 0 Å². The van der Waals surface area contributed by atoms with Crippen LogP contribution in [-0.2, 0) is 0 Å². The zero-order valence-electron chi connectivity index (χ0n) is 8.12. The highest BCUT2D eigenvalue weighted by atomic mass is 16.6. The maximum absolute atomic E-state index is 10.5. The highest BCUT2D eigenvalue weighted by Crippen LogP contribution is 2.19. The number of hydrogen-bond donors (Lipinski definition) is 0. The van der Waals surface area contributed by atoms with Gasteiger partial charge in [0.15, 0.2) is 0 Å². The molecule has 0 spiro atoms. The van der Waals surface area contributed by atoms with Gasteiger partial charge < -0.3 is 4.57 Å². The minimum Gasteiger partial charge on any atom is -0.306 e. The molecule has 0 saturated heterocycles. The average Bonchev–Trinajstić information content (AvgIpc) is 2.70. The number of aromatic nitrogens is 2. The maximum atomic E-state index is 10.5. The fourth-order valence-corrected chi connectivity index (χ4v) is 1.44. The molecule has 15 heavy (non-hydrogen) atoms. The zero-order chi connectivity index (χ0) is 10.8. The van der Waals surface area contributed by atoms with E-state index < -0.39 is 4.92 Å². The molecular weight excluding hydrogens is 194 g/mol. The van der Waals surface area contributed by atoms with Gasteiger partial charge in [0.05, 0.1) is 11.3 Å².